The molecule has 10 heteroatoms. The van der Waals surface area contributed by atoms with Crippen LogP contribution in [0.15, 0.2) is 29.7 Å². The first-order valence-corrected chi connectivity index (χ1v) is 11.6. The number of carbonyl (C=O) groups is 2. The smallest absolute Gasteiger partial charge is 0.251 e. The van der Waals surface area contributed by atoms with Crippen LogP contribution in [-0.2, 0) is 24.2 Å². The average Bonchev–Trinajstić information content (AvgIpc) is 3.33. The number of aryl methyl sites for hydroxylation is 1. The second kappa shape index (κ2) is 8.97. The maximum absolute atomic E-state index is 12.6. The summed E-state index contributed by atoms with van der Waals surface area (Å²) in [5.41, 5.74) is 7.96. The number of amides is 2. The molecule has 30 heavy (non-hydrogen) atoms. The van der Waals surface area contributed by atoms with E-state index in [4.69, 9.17) is 5.73 Å². The van der Waals surface area contributed by atoms with Crippen molar-refractivity contribution >= 4 is 39.9 Å². The lowest BCUT2D eigenvalue weighted by atomic mass is 9.95. The van der Waals surface area contributed by atoms with Gasteiger partial charge in [0, 0.05) is 29.4 Å². The third-order valence-corrected chi connectivity index (χ3v) is 7.13. The molecule has 0 radical (unpaired) electrons. The third-order valence-electron chi connectivity index (χ3n) is 4.96. The molecule has 0 aliphatic heterocycles. The minimum atomic E-state index is -0.482. The summed E-state index contributed by atoms with van der Waals surface area (Å²) in [7, 11) is 0. The second-order valence-electron chi connectivity index (χ2n) is 6.91. The monoisotopic (exact) mass is 442 g/mol. The van der Waals surface area contributed by atoms with Crippen LogP contribution in [-0.4, -0.2) is 37.3 Å². The Morgan fingerprint density at radius 3 is 2.87 bits per heavy atom. The number of nitrogens with zero attached hydrogens (tertiary/aromatic N) is 4. The fraction of sp³-hybridized carbons (Fsp3) is 0.350. The molecule has 8 nitrogen and oxygen atoms in total. The van der Waals surface area contributed by atoms with E-state index in [2.05, 4.69) is 20.5 Å². The molecule has 0 atom stereocenters. The first kappa shape index (κ1) is 20.5. The predicted octanol–water partition coefficient (Wildman–Crippen LogP) is 3.13. The molecule has 3 aromatic heterocycles. The zero-order valence-corrected chi connectivity index (χ0v) is 18.2. The number of nitrogens with one attached hydrogen (secondary N) is 1. The van der Waals surface area contributed by atoms with Gasteiger partial charge in [-0.3, -0.25) is 14.6 Å². The molecule has 0 saturated heterocycles. The van der Waals surface area contributed by atoms with Gasteiger partial charge in [-0.2, -0.15) is 0 Å². The van der Waals surface area contributed by atoms with Crippen molar-refractivity contribution in [2.24, 2.45) is 5.73 Å². The van der Waals surface area contributed by atoms with Crippen LogP contribution >= 0.6 is 23.1 Å². The van der Waals surface area contributed by atoms with Crippen LogP contribution in [0.3, 0.4) is 0 Å². The van der Waals surface area contributed by atoms with Gasteiger partial charge >= 0.3 is 0 Å². The molecule has 0 fully saturated rings. The van der Waals surface area contributed by atoms with E-state index in [0.29, 0.717) is 22.3 Å². The molecule has 2 amide bonds. The summed E-state index contributed by atoms with van der Waals surface area (Å²) in [4.78, 5) is 29.9. The number of hydrogen-bond acceptors (Lipinski definition) is 7. The van der Waals surface area contributed by atoms with E-state index in [1.807, 2.05) is 23.6 Å². The van der Waals surface area contributed by atoms with Crippen molar-refractivity contribution < 1.29 is 9.59 Å². The zero-order valence-electron chi connectivity index (χ0n) is 16.6. The van der Waals surface area contributed by atoms with E-state index in [0.717, 1.165) is 47.5 Å². The number of nitrogens with two attached hydrogens (primary N) is 1. The lowest BCUT2D eigenvalue weighted by Gasteiger charge is -2.11. The molecule has 4 rings (SSSR count). The summed E-state index contributed by atoms with van der Waals surface area (Å²) in [5, 5.41) is 12.6. The number of rotatable bonds is 7. The summed E-state index contributed by atoms with van der Waals surface area (Å²) in [5.74, 6) is 0.195. The molecule has 0 bridgehead atoms. The van der Waals surface area contributed by atoms with Gasteiger partial charge in [0.25, 0.3) is 5.91 Å². The Hall–Kier alpha value is -2.72. The topological polar surface area (TPSA) is 116 Å². The highest BCUT2D eigenvalue weighted by Gasteiger charge is 2.25. The van der Waals surface area contributed by atoms with E-state index in [-0.39, 0.29) is 11.7 Å². The molecule has 3 aromatic rings. The largest absolute Gasteiger partial charge is 0.365 e. The number of carbonyl (C=O) groups excluding carboxylic acids is 2. The number of thioether (sulfide) groups is 1. The maximum atomic E-state index is 12.6. The molecule has 156 valence electrons. The van der Waals surface area contributed by atoms with Crippen LogP contribution in [0.1, 0.15) is 40.6 Å². The van der Waals surface area contributed by atoms with Crippen molar-refractivity contribution in [2.45, 2.75) is 44.3 Å². The van der Waals surface area contributed by atoms with Crippen molar-refractivity contribution in [3.8, 4) is 11.4 Å². The fourth-order valence-electron chi connectivity index (χ4n) is 3.60. The summed E-state index contributed by atoms with van der Waals surface area (Å²) in [6, 6.07) is 3.77. The molecule has 1 aliphatic carbocycles. The number of fused-ring (bicyclic) bond motifs is 1. The number of primary amides is 1. The van der Waals surface area contributed by atoms with Gasteiger partial charge < -0.3 is 15.6 Å². The Bertz CT molecular complexity index is 1080. The van der Waals surface area contributed by atoms with Crippen molar-refractivity contribution in [3.05, 3.63) is 40.5 Å². The van der Waals surface area contributed by atoms with E-state index < -0.39 is 5.91 Å². The van der Waals surface area contributed by atoms with Crippen LogP contribution in [0, 0.1) is 0 Å². The lowest BCUT2D eigenvalue weighted by Crippen LogP contribution is -2.19. The Morgan fingerprint density at radius 1 is 1.30 bits per heavy atom. The Balaban J connectivity index is 1.47. The van der Waals surface area contributed by atoms with Gasteiger partial charge in [-0.05, 0) is 50.3 Å². The number of thiophene rings is 1. The van der Waals surface area contributed by atoms with Crippen molar-refractivity contribution in [1.82, 2.24) is 19.7 Å². The number of hydrogen-bond donors (Lipinski definition) is 2. The second-order valence-corrected chi connectivity index (χ2v) is 8.96. The minimum absolute atomic E-state index is 0.159. The Labute approximate surface area is 182 Å². The van der Waals surface area contributed by atoms with Crippen molar-refractivity contribution in [1.29, 1.82) is 0 Å². The first-order valence-electron chi connectivity index (χ1n) is 9.79. The summed E-state index contributed by atoms with van der Waals surface area (Å²) < 4.78 is 1.95. The van der Waals surface area contributed by atoms with Gasteiger partial charge in [-0.25, -0.2) is 0 Å². The zero-order chi connectivity index (χ0) is 21.1. The summed E-state index contributed by atoms with van der Waals surface area (Å²) >= 11 is 2.78. The number of aromatic nitrogens is 4. The van der Waals surface area contributed by atoms with E-state index in [1.165, 1.54) is 23.1 Å². The molecule has 0 spiro atoms. The highest BCUT2D eigenvalue weighted by Crippen LogP contribution is 2.38. The van der Waals surface area contributed by atoms with E-state index in [1.54, 1.807) is 12.4 Å². The van der Waals surface area contributed by atoms with Crippen molar-refractivity contribution in [2.75, 3.05) is 11.1 Å². The summed E-state index contributed by atoms with van der Waals surface area (Å²) in [6.45, 7) is 2.67. The van der Waals surface area contributed by atoms with Crippen LogP contribution in [0.4, 0.5) is 5.00 Å². The number of anilines is 1. The standard InChI is InChI=1S/C20H22N6O2S2/c1-2-26-18(12-6-5-9-22-10-12)24-25-20(26)29-11-15(27)23-19-16(17(21)28)13-7-3-4-8-14(13)30-19/h5-6,9-10H,2-4,7-8,11H2,1H3,(H2,21,28)(H,23,27). The normalized spacial score (nSPS) is 13.1. The van der Waals surface area contributed by atoms with Gasteiger partial charge in [0.05, 0.1) is 11.3 Å². The summed E-state index contributed by atoms with van der Waals surface area (Å²) in [6.07, 6.45) is 7.35. The fourth-order valence-corrected chi connectivity index (χ4v) is 5.71. The number of pyridine rings is 1. The molecule has 3 N–H and O–H groups in total. The average molecular weight is 443 g/mol. The molecule has 0 unspecified atom stereocenters. The van der Waals surface area contributed by atoms with Crippen LogP contribution in [0.2, 0.25) is 0 Å². The molecule has 3 heterocycles. The molecule has 0 saturated carbocycles. The van der Waals surface area contributed by atoms with Gasteiger partial charge in [0.2, 0.25) is 5.91 Å². The van der Waals surface area contributed by atoms with Crippen LogP contribution in [0.25, 0.3) is 11.4 Å². The Kier molecular flexibility index (Phi) is 6.14. The van der Waals surface area contributed by atoms with Gasteiger partial charge in [-0.1, -0.05) is 11.8 Å². The minimum Gasteiger partial charge on any atom is -0.365 e. The van der Waals surface area contributed by atoms with E-state index in [9.17, 15) is 9.59 Å². The quantitative estimate of drug-likeness (QED) is 0.543. The first-order chi connectivity index (χ1) is 14.6. The highest BCUT2D eigenvalue weighted by atomic mass is 32.2. The molecular formula is C20H22N6O2S2. The molecular weight excluding hydrogens is 420 g/mol. The lowest BCUT2D eigenvalue weighted by molar-refractivity contribution is -0.113. The van der Waals surface area contributed by atoms with Gasteiger partial charge in [0.1, 0.15) is 5.00 Å². The predicted molar refractivity (Wildman–Crippen MR) is 118 cm³/mol. The maximum Gasteiger partial charge on any atom is 0.251 e. The SMILES string of the molecule is CCn1c(SCC(=O)Nc2sc3c(c2C(N)=O)CCCC3)nnc1-c1cccnc1. The third kappa shape index (κ3) is 4.10. The van der Waals surface area contributed by atoms with Gasteiger partial charge in [-0.15, -0.1) is 21.5 Å². The van der Waals surface area contributed by atoms with Crippen LogP contribution in [0.5, 0.6) is 0 Å². The Morgan fingerprint density at radius 2 is 2.13 bits per heavy atom. The van der Waals surface area contributed by atoms with Gasteiger partial charge in [0.15, 0.2) is 11.0 Å². The molecule has 1 aliphatic rings. The van der Waals surface area contributed by atoms with Crippen molar-refractivity contribution in [3.63, 3.8) is 0 Å². The highest BCUT2D eigenvalue weighted by molar-refractivity contribution is 7.99. The molecule has 0 aromatic carbocycles. The van der Waals surface area contributed by atoms with E-state index >= 15 is 0 Å². The van der Waals surface area contributed by atoms with Crippen LogP contribution < -0.4 is 11.1 Å².